The number of aromatic nitrogens is 1. The van der Waals surface area contributed by atoms with Gasteiger partial charge in [0.25, 0.3) is 5.91 Å². The Morgan fingerprint density at radius 3 is 2.64 bits per heavy atom. The maximum atomic E-state index is 13.2. The standard InChI is InChI=1S/C22H24ClN3O5S2/c1-33(28,29)18-6-7-19-20(14-18)32-22(24-19)26(9-8-25-10-12-30-13-11-25)21(27)15-31-17-4-2-16(23)3-5-17/h2-7,14H,8-13,15H2,1H3. The molecule has 176 valence electrons. The highest BCUT2D eigenvalue weighted by Crippen LogP contribution is 2.31. The van der Waals surface area contributed by atoms with Gasteiger partial charge < -0.3 is 9.47 Å². The summed E-state index contributed by atoms with van der Waals surface area (Å²) in [5.74, 6) is 0.309. The number of carbonyl (C=O) groups is 1. The Hall–Kier alpha value is -2.24. The third kappa shape index (κ3) is 6.21. The van der Waals surface area contributed by atoms with Gasteiger partial charge in [-0.25, -0.2) is 13.4 Å². The number of nitrogens with zero attached hydrogens (tertiary/aromatic N) is 3. The molecule has 0 spiro atoms. The number of ether oxygens (including phenoxy) is 2. The highest BCUT2D eigenvalue weighted by molar-refractivity contribution is 7.90. The molecule has 1 aliphatic heterocycles. The van der Waals surface area contributed by atoms with Crippen LogP contribution in [0.2, 0.25) is 5.02 Å². The molecule has 1 fully saturated rings. The van der Waals surface area contributed by atoms with Crippen LogP contribution in [-0.2, 0) is 19.4 Å². The molecular weight excluding hydrogens is 486 g/mol. The van der Waals surface area contributed by atoms with E-state index < -0.39 is 9.84 Å². The largest absolute Gasteiger partial charge is 0.484 e. The normalized spacial score (nSPS) is 15.0. The molecule has 11 heteroatoms. The molecule has 0 atom stereocenters. The number of amides is 1. The number of benzene rings is 2. The molecule has 1 saturated heterocycles. The molecule has 0 saturated carbocycles. The van der Waals surface area contributed by atoms with Crippen molar-refractivity contribution in [1.82, 2.24) is 9.88 Å². The maximum Gasteiger partial charge on any atom is 0.266 e. The van der Waals surface area contributed by atoms with Crippen molar-refractivity contribution < 1.29 is 22.7 Å². The highest BCUT2D eigenvalue weighted by Gasteiger charge is 2.22. The average molecular weight is 510 g/mol. The zero-order chi connectivity index (χ0) is 23.4. The minimum Gasteiger partial charge on any atom is -0.484 e. The van der Waals surface area contributed by atoms with E-state index in [1.165, 1.54) is 23.7 Å². The summed E-state index contributed by atoms with van der Waals surface area (Å²) in [6.45, 7) is 3.89. The number of hydrogen-bond donors (Lipinski definition) is 0. The third-order valence-corrected chi connectivity index (χ3v) is 7.63. The molecule has 8 nitrogen and oxygen atoms in total. The fourth-order valence-corrected chi connectivity index (χ4v) is 5.28. The predicted molar refractivity (Wildman–Crippen MR) is 129 cm³/mol. The second-order valence-corrected chi connectivity index (χ2v) is 11.1. The summed E-state index contributed by atoms with van der Waals surface area (Å²) in [6, 6.07) is 11.6. The van der Waals surface area contributed by atoms with Crippen LogP contribution in [0.25, 0.3) is 10.2 Å². The van der Waals surface area contributed by atoms with E-state index in [4.69, 9.17) is 21.1 Å². The Bertz CT molecular complexity index is 1220. The molecule has 4 rings (SSSR count). The van der Waals surface area contributed by atoms with E-state index in [0.29, 0.717) is 52.4 Å². The molecule has 0 N–H and O–H groups in total. The Kier molecular flexibility index (Phi) is 7.50. The number of anilines is 1. The first-order chi connectivity index (χ1) is 15.8. The molecule has 1 aliphatic rings. The fourth-order valence-electron chi connectivity index (χ4n) is 3.39. The Morgan fingerprint density at radius 1 is 1.21 bits per heavy atom. The van der Waals surface area contributed by atoms with Crippen molar-refractivity contribution in [1.29, 1.82) is 0 Å². The molecule has 2 heterocycles. The van der Waals surface area contributed by atoms with Gasteiger partial charge in [-0.2, -0.15) is 0 Å². The van der Waals surface area contributed by atoms with E-state index in [-0.39, 0.29) is 17.4 Å². The first-order valence-electron chi connectivity index (χ1n) is 10.4. The number of morpholine rings is 1. The van der Waals surface area contributed by atoms with Crippen molar-refractivity contribution >= 4 is 54.0 Å². The van der Waals surface area contributed by atoms with Crippen molar-refractivity contribution in [3.63, 3.8) is 0 Å². The Labute approximate surface area is 201 Å². The number of halogens is 1. The van der Waals surface area contributed by atoms with Crippen LogP contribution in [0.3, 0.4) is 0 Å². The van der Waals surface area contributed by atoms with Gasteiger partial charge in [-0.15, -0.1) is 0 Å². The maximum absolute atomic E-state index is 13.2. The van der Waals surface area contributed by atoms with Crippen LogP contribution in [0.15, 0.2) is 47.4 Å². The smallest absolute Gasteiger partial charge is 0.266 e. The quantitative estimate of drug-likeness (QED) is 0.461. The molecular formula is C22H24ClN3O5S2. The lowest BCUT2D eigenvalue weighted by Crippen LogP contribution is -2.44. The van der Waals surface area contributed by atoms with Gasteiger partial charge in [0, 0.05) is 37.5 Å². The molecule has 0 radical (unpaired) electrons. The number of fused-ring (bicyclic) bond motifs is 1. The summed E-state index contributed by atoms with van der Waals surface area (Å²) >= 11 is 7.20. The zero-order valence-electron chi connectivity index (χ0n) is 18.1. The summed E-state index contributed by atoms with van der Waals surface area (Å²) in [6.07, 6.45) is 1.17. The zero-order valence-corrected chi connectivity index (χ0v) is 20.5. The lowest BCUT2D eigenvalue weighted by molar-refractivity contribution is -0.120. The van der Waals surface area contributed by atoms with E-state index >= 15 is 0 Å². The van der Waals surface area contributed by atoms with E-state index in [1.807, 2.05) is 0 Å². The topological polar surface area (TPSA) is 89.0 Å². The molecule has 2 aromatic carbocycles. The van der Waals surface area contributed by atoms with Gasteiger partial charge in [0.15, 0.2) is 21.6 Å². The van der Waals surface area contributed by atoms with Crippen LogP contribution in [0.1, 0.15) is 0 Å². The summed E-state index contributed by atoms with van der Waals surface area (Å²) in [5.41, 5.74) is 0.644. The van der Waals surface area contributed by atoms with Crippen LogP contribution in [0.5, 0.6) is 5.75 Å². The van der Waals surface area contributed by atoms with Crippen molar-refractivity contribution in [2.24, 2.45) is 0 Å². The summed E-state index contributed by atoms with van der Waals surface area (Å²) in [4.78, 5) is 21.8. The molecule has 1 amide bonds. The van der Waals surface area contributed by atoms with E-state index in [2.05, 4.69) is 9.88 Å². The van der Waals surface area contributed by atoms with E-state index in [1.54, 1.807) is 41.3 Å². The van der Waals surface area contributed by atoms with Gasteiger partial charge in [0.05, 0.1) is 28.3 Å². The molecule has 3 aromatic rings. The lowest BCUT2D eigenvalue weighted by Gasteiger charge is -2.29. The van der Waals surface area contributed by atoms with Crippen LogP contribution in [0, 0.1) is 0 Å². The van der Waals surface area contributed by atoms with Gasteiger partial charge in [-0.05, 0) is 42.5 Å². The number of thiazole rings is 1. The van der Waals surface area contributed by atoms with Crippen molar-refractivity contribution in [3.05, 3.63) is 47.5 Å². The van der Waals surface area contributed by atoms with E-state index in [0.717, 1.165) is 13.1 Å². The Balaban J connectivity index is 1.55. The van der Waals surface area contributed by atoms with Crippen LogP contribution in [0.4, 0.5) is 5.13 Å². The van der Waals surface area contributed by atoms with Crippen molar-refractivity contribution in [2.75, 3.05) is 57.2 Å². The van der Waals surface area contributed by atoms with Gasteiger partial charge in [0.1, 0.15) is 5.75 Å². The second-order valence-electron chi connectivity index (χ2n) is 7.64. The predicted octanol–water partition coefficient (Wildman–Crippen LogP) is 3.10. The summed E-state index contributed by atoms with van der Waals surface area (Å²) in [5, 5.41) is 1.09. The monoisotopic (exact) mass is 509 g/mol. The summed E-state index contributed by atoms with van der Waals surface area (Å²) < 4.78 is 35.6. The van der Waals surface area contributed by atoms with E-state index in [9.17, 15) is 13.2 Å². The van der Waals surface area contributed by atoms with Gasteiger partial charge in [-0.1, -0.05) is 22.9 Å². The van der Waals surface area contributed by atoms with Crippen molar-refractivity contribution in [2.45, 2.75) is 4.90 Å². The first-order valence-corrected chi connectivity index (χ1v) is 13.5. The van der Waals surface area contributed by atoms with Crippen LogP contribution in [-0.4, -0.2) is 76.5 Å². The number of sulfone groups is 1. The van der Waals surface area contributed by atoms with Gasteiger partial charge in [-0.3, -0.25) is 14.6 Å². The number of hydrogen-bond acceptors (Lipinski definition) is 8. The van der Waals surface area contributed by atoms with Gasteiger partial charge in [0.2, 0.25) is 0 Å². The molecule has 0 aliphatic carbocycles. The minimum atomic E-state index is -3.34. The van der Waals surface area contributed by atoms with Gasteiger partial charge >= 0.3 is 0 Å². The van der Waals surface area contributed by atoms with Crippen LogP contribution >= 0.6 is 22.9 Å². The molecule has 33 heavy (non-hydrogen) atoms. The van der Waals surface area contributed by atoms with Crippen molar-refractivity contribution in [3.8, 4) is 5.75 Å². The minimum absolute atomic E-state index is 0.157. The molecule has 1 aromatic heterocycles. The molecule has 0 unspecified atom stereocenters. The number of rotatable bonds is 8. The molecule has 0 bridgehead atoms. The average Bonchev–Trinajstić information content (AvgIpc) is 3.22. The SMILES string of the molecule is CS(=O)(=O)c1ccc2nc(N(CCN3CCOCC3)C(=O)COc3ccc(Cl)cc3)sc2c1. The second kappa shape index (κ2) is 10.4. The highest BCUT2D eigenvalue weighted by atomic mass is 35.5. The first kappa shape index (κ1) is 23.9. The lowest BCUT2D eigenvalue weighted by atomic mass is 10.3. The van der Waals surface area contributed by atoms with Crippen LogP contribution < -0.4 is 9.64 Å². The Morgan fingerprint density at radius 2 is 1.94 bits per heavy atom. The number of carbonyl (C=O) groups excluding carboxylic acids is 1. The summed E-state index contributed by atoms with van der Waals surface area (Å²) in [7, 11) is -3.34. The fraction of sp³-hybridized carbons (Fsp3) is 0.364. The third-order valence-electron chi connectivity index (χ3n) is 5.23.